The van der Waals surface area contributed by atoms with Gasteiger partial charge in [0.1, 0.15) is 18.4 Å². The van der Waals surface area contributed by atoms with Crippen LogP contribution in [0.25, 0.3) is 11.3 Å². The minimum Gasteiger partial charge on any atom is -0.490 e. The molecular weight excluding hydrogens is 357 g/mol. The van der Waals surface area contributed by atoms with Gasteiger partial charge in [-0.1, -0.05) is 13.8 Å². The highest BCUT2D eigenvalue weighted by Crippen LogP contribution is 2.30. The maximum Gasteiger partial charge on any atom is 0.451 e. The first-order valence-electron chi connectivity index (χ1n) is 8.38. The Hall–Kier alpha value is -2.66. The fourth-order valence-corrected chi connectivity index (χ4v) is 2.79. The summed E-state index contributed by atoms with van der Waals surface area (Å²) in [7, 11) is 0. The summed E-state index contributed by atoms with van der Waals surface area (Å²) in [6.45, 7) is 6.19. The quantitative estimate of drug-likeness (QED) is 0.815. The number of ether oxygens (including phenoxy) is 1. The Balaban J connectivity index is 2.26. The summed E-state index contributed by atoms with van der Waals surface area (Å²) in [5.74, 6) is -0.514. The lowest BCUT2D eigenvalue weighted by molar-refractivity contribution is -0.144. The average molecular weight is 378 g/mol. The molecule has 0 aliphatic heterocycles. The molecule has 0 bridgehead atoms. The van der Waals surface area contributed by atoms with Gasteiger partial charge in [0.2, 0.25) is 5.82 Å². The Kier molecular flexibility index (Phi) is 6.06. The van der Waals surface area contributed by atoms with E-state index in [4.69, 9.17) is 10.5 Å². The second-order valence-corrected chi connectivity index (χ2v) is 7.13. The number of hydrogen-bond donors (Lipinski definition) is 1. The van der Waals surface area contributed by atoms with Gasteiger partial charge in [0.05, 0.1) is 11.3 Å². The van der Waals surface area contributed by atoms with Gasteiger partial charge in [-0.25, -0.2) is 9.97 Å². The van der Waals surface area contributed by atoms with E-state index in [2.05, 4.69) is 23.8 Å². The van der Waals surface area contributed by atoms with Crippen LogP contribution in [0.1, 0.15) is 38.6 Å². The van der Waals surface area contributed by atoms with Crippen molar-refractivity contribution >= 4 is 0 Å². The maximum absolute atomic E-state index is 12.8. The van der Waals surface area contributed by atoms with E-state index in [9.17, 15) is 18.4 Å². The van der Waals surface area contributed by atoms with Crippen molar-refractivity contribution in [2.75, 3.05) is 6.61 Å². The molecule has 27 heavy (non-hydrogen) atoms. The van der Waals surface area contributed by atoms with Gasteiger partial charge in [-0.05, 0) is 43.5 Å². The number of benzene rings is 1. The summed E-state index contributed by atoms with van der Waals surface area (Å²) >= 11 is 0. The third kappa shape index (κ3) is 5.66. The van der Waals surface area contributed by atoms with E-state index < -0.39 is 17.5 Å². The van der Waals surface area contributed by atoms with Crippen molar-refractivity contribution in [3.63, 3.8) is 0 Å². The highest BCUT2D eigenvalue weighted by Gasteiger charge is 2.34. The Morgan fingerprint density at radius 2 is 1.96 bits per heavy atom. The summed E-state index contributed by atoms with van der Waals surface area (Å²) in [4.78, 5) is 6.77. The largest absolute Gasteiger partial charge is 0.490 e. The van der Waals surface area contributed by atoms with Gasteiger partial charge in [-0.2, -0.15) is 18.4 Å². The first-order chi connectivity index (χ1) is 12.5. The molecule has 0 aliphatic rings. The van der Waals surface area contributed by atoms with Crippen LogP contribution in [0.3, 0.4) is 0 Å². The number of nitriles is 1. The average Bonchev–Trinajstić information content (AvgIpc) is 2.58. The molecule has 5 nitrogen and oxygen atoms in total. The van der Waals surface area contributed by atoms with Crippen molar-refractivity contribution in [3.05, 3.63) is 41.9 Å². The molecule has 144 valence electrons. The molecule has 1 atom stereocenters. The number of aromatic nitrogens is 2. The van der Waals surface area contributed by atoms with Gasteiger partial charge in [-0.3, -0.25) is 0 Å². The highest BCUT2D eigenvalue weighted by atomic mass is 19.4. The summed E-state index contributed by atoms with van der Waals surface area (Å²) in [6.07, 6.45) is -2.86. The van der Waals surface area contributed by atoms with Crippen molar-refractivity contribution in [3.8, 4) is 23.1 Å². The molecule has 0 amide bonds. The van der Waals surface area contributed by atoms with Crippen molar-refractivity contribution < 1.29 is 17.9 Å². The van der Waals surface area contributed by atoms with E-state index >= 15 is 0 Å². The summed E-state index contributed by atoms with van der Waals surface area (Å²) in [6, 6.07) is 7.87. The van der Waals surface area contributed by atoms with Crippen LogP contribution in [-0.2, 0) is 6.18 Å². The molecular formula is C19H21F3N4O. The number of rotatable bonds is 6. The molecule has 1 aromatic heterocycles. The van der Waals surface area contributed by atoms with Crippen LogP contribution in [0.2, 0.25) is 0 Å². The van der Waals surface area contributed by atoms with Crippen molar-refractivity contribution in [2.45, 2.75) is 38.9 Å². The Labute approximate surface area is 156 Å². The van der Waals surface area contributed by atoms with Crippen LogP contribution < -0.4 is 10.5 Å². The minimum atomic E-state index is -4.64. The van der Waals surface area contributed by atoms with Crippen LogP contribution in [-0.4, -0.2) is 22.1 Å². The molecule has 0 spiro atoms. The Morgan fingerprint density at radius 3 is 2.56 bits per heavy atom. The zero-order valence-corrected chi connectivity index (χ0v) is 15.3. The van der Waals surface area contributed by atoms with Crippen LogP contribution in [0.5, 0.6) is 5.75 Å². The van der Waals surface area contributed by atoms with Crippen molar-refractivity contribution in [1.82, 2.24) is 9.97 Å². The second-order valence-electron chi connectivity index (χ2n) is 7.13. The van der Waals surface area contributed by atoms with Gasteiger partial charge in [0.25, 0.3) is 0 Å². The molecule has 2 N–H and O–H groups in total. The van der Waals surface area contributed by atoms with Gasteiger partial charge in [0.15, 0.2) is 0 Å². The summed E-state index contributed by atoms with van der Waals surface area (Å²) in [5, 5.41) is 9.37. The van der Waals surface area contributed by atoms with E-state index in [1.54, 1.807) is 6.07 Å². The second kappa shape index (κ2) is 7.92. The molecule has 2 aromatic rings. The number of halogens is 3. The lowest BCUT2D eigenvalue weighted by Gasteiger charge is -2.26. The highest BCUT2D eigenvalue weighted by molar-refractivity contribution is 5.64. The van der Waals surface area contributed by atoms with Crippen LogP contribution >= 0.6 is 0 Å². The van der Waals surface area contributed by atoms with Crippen molar-refractivity contribution in [2.24, 2.45) is 11.7 Å². The van der Waals surface area contributed by atoms with Gasteiger partial charge in [0, 0.05) is 17.3 Å². The summed E-state index contributed by atoms with van der Waals surface area (Å²) in [5.41, 5.74) is 6.28. The van der Waals surface area contributed by atoms with Crippen LogP contribution in [0.4, 0.5) is 13.2 Å². The molecule has 0 saturated carbocycles. The zero-order valence-electron chi connectivity index (χ0n) is 15.3. The number of alkyl halides is 3. The molecule has 2 rings (SSSR count). The maximum atomic E-state index is 12.8. The molecule has 0 aliphatic carbocycles. The number of nitrogens with two attached hydrogens (primary N) is 1. The molecule has 1 aromatic carbocycles. The van der Waals surface area contributed by atoms with Crippen LogP contribution in [0.15, 0.2) is 30.5 Å². The Morgan fingerprint density at radius 1 is 1.26 bits per heavy atom. The van der Waals surface area contributed by atoms with E-state index in [0.717, 1.165) is 12.6 Å². The molecule has 0 saturated heterocycles. The lowest BCUT2D eigenvalue weighted by Crippen LogP contribution is -2.43. The van der Waals surface area contributed by atoms with Gasteiger partial charge >= 0.3 is 6.18 Å². The molecule has 8 heteroatoms. The van der Waals surface area contributed by atoms with Crippen LogP contribution in [0, 0.1) is 17.2 Å². The van der Waals surface area contributed by atoms with E-state index in [-0.39, 0.29) is 17.9 Å². The summed E-state index contributed by atoms with van der Waals surface area (Å²) < 4.78 is 44.1. The fraction of sp³-hybridized carbons (Fsp3) is 0.421. The zero-order chi connectivity index (χ0) is 20.2. The predicted octanol–water partition coefficient (Wildman–Crippen LogP) is 4.18. The van der Waals surface area contributed by atoms with E-state index in [1.807, 2.05) is 13.0 Å². The van der Waals surface area contributed by atoms with Crippen molar-refractivity contribution in [1.29, 1.82) is 5.26 Å². The molecule has 1 heterocycles. The third-order valence-corrected chi connectivity index (χ3v) is 3.74. The van der Waals surface area contributed by atoms with E-state index in [1.165, 1.54) is 18.2 Å². The molecule has 0 radical (unpaired) electrons. The lowest BCUT2D eigenvalue weighted by atomic mass is 9.93. The normalized spacial score (nSPS) is 13.9. The number of nitrogens with zero attached hydrogens (tertiary/aromatic N) is 3. The third-order valence-electron chi connectivity index (χ3n) is 3.74. The SMILES string of the molecule is CC(C)C[C@](C)(N)COc1ccc(-c2ccnc(C(F)(F)F)n2)cc1C#N. The number of hydrogen-bond acceptors (Lipinski definition) is 5. The first-order valence-corrected chi connectivity index (χ1v) is 8.38. The van der Waals surface area contributed by atoms with E-state index in [0.29, 0.717) is 17.2 Å². The fourth-order valence-electron chi connectivity index (χ4n) is 2.79. The smallest absolute Gasteiger partial charge is 0.451 e. The topological polar surface area (TPSA) is 84.8 Å². The monoisotopic (exact) mass is 378 g/mol. The standard InChI is InChI=1S/C19H21F3N4O/c1-12(2)9-18(3,24)11-27-16-5-4-13(8-14(16)10-23)15-6-7-25-17(26-15)19(20,21)22/h4-8,12H,9,11,24H2,1-3H3/t18-/m0/s1. The minimum absolute atomic E-state index is 0.0730. The molecule has 0 unspecified atom stereocenters. The van der Waals surface area contributed by atoms with Gasteiger partial charge < -0.3 is 10.5 Å². The first kappa shape index (κ1) is 20.6. The Bertz CT molecular complexity index is 842. The molecule has 0 fully saturated rings. The van der Waals surface area contributed by atoms with Gasteiger partial charge in [-0.15, -0.1) is 0 Å². The predicted molar refractivity (Wildman–Crippen MR) is 94.7 cm³/mol.